The normalized spacial score (nSPS) is 10.1. The quantitative estimate of drug-likeness (QED) is 0.454. The fourth-order valence-electron chi connectivity index (χ4n) is 1.34. The number of methoxy groups -OCH3 is 1. The number of carbonyl (C=O) groups excluding carboxylic acids is 1. The molecular formula is C12H17NO3. The molecular weight excluding hydrogens is 206 g/mol. The Morgan fingerprint density at radius 3 is 2.69 bits per heavy atom. The van der Waals surface area contributed by atoms with Crippen molar-refractivity contribution in [3.63, 3.8) is 0 Å². The summed E-state index contributed by atoms with van der Waals surface area (Å²) < 4.78 is 10.4. The fraction of sp³-hybridized carbons (Fsp3) is 0.417. The van der Waals surface area contributed by atoms with Crippen molar-refractivity contribution in [3.05, 3.63) is 23.8 Å². The van der Waals surface area contributed by atoms with E-state index in [1.165, 1.54) is 6.92 Å². The van der Waals surface area contributed by atoms with Crippen LogP contribution in [-0.2, 0) is 4.74 Å². The van der Waals surface area contributed by atoms with Gasteiger partial charge in [-0.1, -0.05) is 0 Å². The number of Topliss-reactive ketones (excluding diaryl/α,β-unsaturated/α-hetero) is 1. The highest BCUT2D eigenvalue weighted by atomic mass is 16.5. The molecule has 0 aromatic heterocycles. The molecule has 2 N–H and O–H groups in total. The summed E-state index contributed by atoms with van der Waals surface area (Å²) in [5.74, 6) is 0.641. The van der Waals surface area contributed by atoms with Crippen LogP contribution in [0.1, 0.15) is 23.7 Å². The minimum Gasteiger partial charge on any atom is -0.493 e. The predicted molar refractivity (Wildman–Crippen MR) is 62.8 cm³/mol. The second kappa shape index (κ2) is 6.12. The molecule has 0 saturated heterocycles. The fourth-order valence-corrected chi connectivity index (χ4v) is 1.34. The van der Waals surface area contributed by atoms with Crippen LogP contribution in [0.3, 0.4) is 0 Å². The zero-order valence-electron chi connectivity index (χ0n) is 9.66. The van der Waals surface area contributed by atoms with E-state index >= 15 is 0 Å². The minimum atomic E-state index is -0.0385. The second-order valence-electron chi connectivity index (χ2n) is 3.50. The first-order chi connectivity index (χ1) is 7.65. The van der Waals surface area contributed by atoms with Crippen molar-refractivity contribution in [2.45, 2.75) is 13.3 Å². The van der Waals surface area contributed by atoms with E-state index < -0.39 is 0 Å². The zero-order chi connectivity index (χ0) is 12.0. The van der Waals surface area contributed by atoms with Gasteiger partial charge in [-0.2, -0.15) is 0 Å². The molecule has 0 aliphatic heterocycles. The Bertz CT molecular complexity index is 363. The molecule has 4 nitrogen and oxygen atoms in total. The summed E-state index contributed by atoms with van der Waals surface area (Å²) in [5.41, 5.74) is 6.71. The average molecular weight is 223 g/mol. The molecule has 0 spiro atoms. The van der Waals surface area contributed by atoms with Crippen LogP contribution in [-0.4, -0.2) is 26.1 Å². The standard InChI is InChI=1S/C12H17NO3/c1-9(14)11-5-4-10(8-12(11)13)16-7-3-6-15-2/h4-5,8H,3,6-7,13H2,1-2H3. The zero-order valence-corrected chi connectivity index (χ0v) is 9.66. The van der Waals surface area contributed by atoms with Crippen molar-refractivity contribution in [1.29, 1.82) is 0 Å². The molecule has 0 aliphatic rings. The molecule has 0 heterocycles. The van der Waals surface area contributed by atoms with Gasteiger partial charge in [0.2, 0.25) is 0 Å². The summed E-state index contributed by atoms with van der Waals surface area (Å²) in [6.07, 6.45) is 0.824. The van der Waals surface area contributed by atoms with Crippen LogP contribution in [0.5, 0.6) is 5.75 Å². The van der Waals surface area contributed by atoms with Gasteiger partial charge in [-0.05, 0) is 19.1 Å². The van der Waals surface area contributed by atoms with E-state index in [9.17, 15) is 4.79 Å². The summed E-state index contributed by atoms with van der Waals surface area (Å²) >= 11 is 0. The van der Waals surface area contributed by atoms with Gasteiger partial charge >= 0.3 is 0 Å². The molecule has 0 unspecified atom stereocenters. The van der Waals surface area contributed by atoms with Crippen LogP contribution in [0.4, 0.5) is 5.69 Å². The highest BCUT2D eigenvalue weighted by Gasteiger charge is 2.05. The van der Waals surface area contributed by atoms with E-state index in [2.05, 4.69) is 0 Å². The largest absolute Gasteiger partial charge is 0.493 e. The van der Waals surface area contributed by atoms with Crippen LogP contribution in [0.25, 0.3) is 0 Å². The molecule has 0 atom stereocenters. The third-order valence-electron chi connectivity index (χ3n) is 2.16. The van der Waals surface area contributed by atoms with Crippen LogP contribution in [0.2, 0.25) is 0 Å². The number of ketones is 1. The van der Waals surface area contributed by atoms with Crippen molar-refractivity contribution in [1.82, 2.24) is 0 Å². The number of carbonyl (C=O) groups is 1. The van der Waals surface area contributed by atoms with Crippen LogP contribution in [0, 0.1) is 0 Å². The molecule has 0 aliphatic carbocycles. The van der Waals surface area contributed by atoms with Gasteiger partial charge in [0, 0.05) is 37.5 Å². The Kier molecular flexibility index (Phi) is 4.79. The first kappa shape index (κ1) is 12.5. The number of rotatable bonds is 6. The summed E-state index contributed by atoms with van der Waals surface area (Å²) in [6, 6.07) is 5.10. The molecule has 0 bridgehead atoms. The van der Waals surface area contributed by atoms with Crippen LogP contribution < -0.4 is 10.5 Å². The number of nitrogens with two attached hydrogens (primary N) is 1. The molecule has 1 aromatic rings. The molecule has 0 amide bonds. The Morgan fingerprint density at radius 2 is 2.12 bits per heavy atom. The third-order valence-corrected chi connectivity index (χ3v) is 2.16. The van der Waals surface area contributed by atoms with Crippen molar-refractivity contribution in [3.8, 4) is 5.75 Å². The molecule has 88 valence electrons. The van der Waals surface area contributed by atoms with Gasteiger partial charge in [0.25, 0.3) is 0 Å². The van der Waals surface area contributed by atoms with E-state index in [1.54, 1.807) is 25.3 Å². The van der Waals surface area contributed by atoms with Crippen LogP contribution >= 0.6 is 0 Å². The van der Waals surface area contributed by atoms with Gasteiger partial charge in [0.1, 0.15) is 5.75 Å². The van der Waals surface area contributed by atoms with Gasteiger partial charge in [0.15, 0.2) is 5.78 Å². The molecule has 0 fully saturated rings. The number of nitrogen functional groups attached to an aromatic ring is 1. The van der Waals surface area contributed by atoms with E-state index in [0.717, 1.165) is 6.42 Å². The van der Waals surface area contributed by atoms with Crippen molar-refractivity contribution in [2.75, 3.05) is 26.1 Å². The maximum absolute atomic E-state index is 11.1. The van der Waals surface area contributed by atoms with Gasteiger partial charge in [-0.3, -0.25) is 4.79 Å². The lowest BCUT2D eigenvalue weighted by Gasteiger charge is -2.08. The van der Waals surface area contributed by atoms with E-state index in [-0.39, 0.29) is 5.78 Å². The van der Waals surface area contributed by atoms with Crippen molar-refractivity contribution >= 4 is 11.5 Å². The molecule has 16 heavy (non-hydrogen) atoms. The predicted octanol–water partition coefficient (Wildman–Crippen LogP) is 1.89. The number of benzene rings is 1. The molecule has 4 heteroatoms. The first-order valence-electron chi connectivity index (χ1n) is 5.17. The maximum atomic E-state index is 11.1. The Morgan fingerprint density at radius 1 is 1.38 bits per heavy atom. The summed E-state index contributed by atoms with van der Waals surface area (Å²) in [7, 11) is 1.65. The van der Waals surface area contributed by atoms with E-state index in [4.69, 9.17) is 15.2 Å². The average Bonchev–Trinajstić information content (AvgIpc) is 2.24. The van der Waals surface area contributed by atoms with E-state index in [1.807, 2.05) is 0 Å². The number of hydrogen-bond acceptors (Lipinski definition) is 4. The smallest absolute Gasteiger partial charge is 0.161 e. The summed E-state index contributed by atoms with van der Waals surface area (Å²) in [6.45, 7) is 2.73. The SMILES string of the molecule is COCCCOc1ccc(C(C)=O)c(N)c1. The van der Waals surface area contributed by atoms with Gasteiger partial charge < -0.3 is 15.2 Å². The summed E-state index contributed by atoms with van der Waals surface area (Å²) in [4.78, 5) is 11.1. The monoisotopic (exact) mass is 223 g/mol. The van der Waals surface area contributed by atoms with E-state index in [0.29, 0.717) is 30.2 Å². The van der Waals surface area contributed by atoms with Gasteiger partial charge in [0.05, 0.1) is 6.61 Å². The lowest BCUT2D eigenvalue weighted by molar-refractivity contribution is 0.101. The minimum absolute atomic E-state index is 0.0385. The number of anilines is 1. The third kappa shape index (κ3) is 3.55. The van der Waals surface area contributed by atoms with Crippen LogP contribution in [0.15, 0.2) is 18.2 Å². The lowest BCUT2D eigenvalue weighted by Crippen LogP contribution is -2.03. The van der Waals surface area contributed by atoms with Gasteiger partial charge in [-0.15, -0.1) is 0 Å². The maximum Gasteiger partial charge on any atom is 0.161 e. The van der Waals surface area contributed by atoms with Crippen molar-refractivity contribution in [2.24, 2.45) is 0 Å². The Labute approximate surface area is 95.3 Å². The Hall–Kier alpha value is -1.55. The Balaban J connectivity index is 2.56. The van der Waals surface area contributed by atoms with Gasteiger partial charge in [-0.25, -0.2) is 0 Å². The number of hydrogen-bond donors (Lipinski definition) is 1. The topological polar surface area (TPSA) is 61.5 Å². The molecule has 1 rings (SSSR count). The molecule has 0 radical (unpaired) electrons. The first-order valence-corrected chi connectivity index (χ1v) is 5.17. The highest BCUT2D eigenvalue weighted by Crippen LogP contribution is 2.20. The number of ether oxygens (including phenoxy) is 2. The molecule has 0 saturated carbocycles. The summed E-state index contributed by atoms with van der Waals surface area (Å²) in [5, 5.41) is 0. The highest BCUT2D eigenvalue weighted by molar-refractivity contribution is 5.99. The second-order valence-corrected chi connectivity index (χ2v) is 3.50. The molecule has 1 aromatic carbocycles. The lowest BCUT2D eigenvalue weighted by atomic mass is 10.1. The van der Waals surface area contributed by atoms with Crippen molar-refractivity contribution < 1.29 is 14.3 Å².